The fraction of sp³-hybridized carbons (Fsp3) is 0.263. The molecule has 0 aliphatic heterocycles. The highest BCUT2D eigenvalue weighted by atomic mass is 15.2. The molecule has 3 nitrogen and oxygen atoms in total. The van der Waals surface area contributed by atoms with Gasteiger partial charge in [-0.3, -0.25) is 0 Å². The van der Waals surface area contributed by atoms with Gasteiger partial charge in [-0.1, -0.05) is 55.8 Å². The van der Waals surface area contributed by atoms with E-state index in [-0.39, 0.29) is 0 Å². The first-order chi connectivity index (χ1) is 10.8. The number of benzene rings is 2. The molecule has 0 bridgehead atoms. The lowest BCUT2D eigenvalue weighted by atomic mass is 10.1. The summed E-state index contributed by atoms with van der Waals surface area (Å²) >= 11 is 0. The van der Waals surface area contributed by atoms with E-state index in [1.807, 2.05) is 30.3 Å². The van der Waals surface area contributed by atoms with Crippen molar-refractivity contribution in [3.8, 4) is 11.4 Å². The highest BCUT2D eigenvalue weighted by Gasteiger charge is 2.12. The highest BCUT2D eigenvalue weighted by molar-refractivity contribution is 5.90. The maximum Gasteiger partial charge on any atom is 0.162 e. The van der Waals surface area contributed by atoms with E-state index in [1.54, 1.807) is 0 Å². The second kappa shape index (κ2) is 6.56. The molecule has 0 amide bonds. The van der Waals surface area contributed by atoms with Crippen molar-refractivity contribution >= 4 is 16.7 Å². The van der Waals surface area contributed by atoms with Crippen molar-refractivity contribution in [1.82, 2.24) is 9.97 Å². The molecule has 0 aliphatic carbocycles. The molecular weight excluding hydrogens is 270 g/mol. The van der Waals surface area contributed by atoms with Crippen LogP contribution in [0.3, 0.4) is 0 Å². The van der Waals surface area contributed by atoms with Gasteiger partial charge in [0.2, 0.25) is 0 Å². The second-order valence-corrected chi connectivity index (χ2v) is 5.53. The summed E-state index contributed by atoms with van der Waals surface area (Å²) in [5.74, 6) is 1.80. The molecular formula is C19H21N3. The van der Waals surface area contributed by atoms with Gasteiger partial charge in [-0.2, -0.15) is 0 Å². The van der Waals surface area contributed by atoms with Gasteiger partial charge in [0.05, 0.1) is 5.52 Å². The van der Waals surface area contributed by atoms with Crippen LogP contribution in [0.4, 0.5) is 5.82 Å². The Hall–Kier alpha value is -2.42. The van der Waals surface area contributed by atoms with E-state index in [0.29, 0.717) is 0 Å². The van der Waals surface area contributed by atoms with Crippen LogP contribution in [-0.4, -0.2) is 23.6 Å². The number of nitrogens with zero attached hydrogens (tertiary/aromatic N) is 3. The lowest BCUT2D eigenvalue weighted by molar-refractivity contribution is 0.761. The van der Waals surface area contributed by atoms with Crippen LogP contribution in [0.15, 0.2) is 54.6 Å². The zero-order valence-electron chi connectivity index (χ0n) is 13.2. The average molecular weight is 291 g/mol. The summed E-state index contributed by atoms with van der Waals surface area (Å²) in [6.07, 6.45) is 2.34. The molecule has 0 radical (unpaired) electrons. The molecule has 0 N–H and O–H groups in total. The molecule has 0 aliphatic rings. The maximum absolute atomic E-state index is 4.84. The zero-order valence-corrected chi connectivity index (χ0v) is 13.2. The molecule has 0 unspecified atom stereocenters. The van der Waals surface area contributed by atoms with Gasteiger partial charge < -0.3 is 4.90 Å². The van der Waals surface area contributed by atoms with Crippen LogP contribution in [0.5, 0.6) is 0 Å². The number of aromatic nitrogens is 2. The van der Waals surface area contributed by atoms with E-state index in [1.165, 1.54) is 6.42 Å². The number of unbranched alkanes of at least 4 members (excludes halogenated alkanes) is 1. The van der Waals surface area contributed by atoms with Gasteiger partial charge in [-0.25, -0.2) is 9.97 Å². The number of anilines is 1. The molecule has 1 aromatic heterocycles. The number of hydrogen-bond acceptors (Lipinski definition) is 3. The Labute approximate surface area is 131 Å². The molecule has 3 heteroatoms. The van der Waals surface area contributed by atoms with Crippen LogP contribution in [0.1, 0.15) is 19.8 Å². The van der Waals surface area contributed by atoms with Gasteiger partial charge in [0.1, 0.15) is 5.82 Å². The molecule has 3 rings (SSSR count). The minimum atomic E-state index is 0.789. The molecule has 112 valence electrons. The Kier molecular flexibility index (Phi) is 4.33. The maximum atomic E-state index is 4.84. The largest absolute Gasteiger partial charge is 0.359 e. The topological polar surface area (TPSA) is 29.0 Å². The molecule has 2 aromatic carbocycles. The third-order valence-electron chi connectivity index (χ3n) is 3.82. The molecule has 22 heavy (non-hydrogen) atoms. The summed E-state index contributed by atoms with van der Waals surface area (Å²) in [6, 6.07) is 18.4. The van der Waals surface area contributed by atoms with Crippen molar-refractivity contribution in [2.75, 3.05) is 18.5 Å². The predicted octanol–water partition coefficient (Wildman–Crippen LogP) is 4.53. The first-order valence-corrected chi connectivity index (χ1v) is 7.83. The summed E-state index contributed by atoms with van der Waals surface area (Å²) in [6.45, 7) is 3.22. The summed E-state index contributed by atoms with van der Waals surface area (Å²) in [7, 11) is 2.11. The fourth-order valence-corrected chi connectivity index (χ4v) is 2.57. The lowest BCUT2D eigenvalue weighted by Gasteiger charge is -2.20. The Bertz CT molecular complexity index is 753. The van der Waals surface area contributed by atoms with E-state index in [2.05, 4.69) is 43.1 Å². The molecule has 0 fully saturated rings. The van der Waals surface area contributed by atoms with Crippen LogP contribution >= 0.6 is 0 Å². The number of fused-ring (bicyclic) bond motifs is 1. The minimum absolute atomic E-state index is 0.789. The van der Waals surface area contributed by atoms with E-state index in [4.69, 9.17) is 9.97 Å². The molecule has 1 heterocycles. The van der Waals surface area contributed by atoms with E-state index >= 15 is 0 Å². The number of hydrogen-bond donors (Lipinski definition) is 0. The standard InChI is InChI=1S/C19H21N3/c1-3-4-14-22(2)19-16-12-8-9-13-17(16)20-18(21-19)15-10-6-5-7-11-15/h5-13H,3-4,14H2,1-2H3. The second-order valence-electron chi connectivity index (χ2n) is 5.53. The van der Waals surface area contributed by atoms with E-state index in [9.17, 15) is 0 Å². The van der Waals surface area contributed by atoms with Crippen molar-refractivity contribution in [2.24, 2.45) is 0 Å². The summed E-state index contributed by atoms with van der Waals surface area (Å²) < 4.78 is 0. The summed E-state index contributed by atoms with van der Waals surface area (Å²) in [5.41, 5.74) is 2.05. The van der Waals surface area contributed by atoms with Crippen LogP contribution in [0.25, 0.3) is 22.3 Å². The average Bonchev–Trinajstić information content (AvgIpc) is 2.59. The van der Waals surface area contributed by atoms with Crippen LogP contribution in [0.2, 0.25) is 0 Å². The van der Waals surface area contributed by atoms with Crippen molar-refractivity contribution in [1.29, 1.82) is 0 Å². The summed E-state index contributed by atoms with van der Waals surface area (Å²) in [5, 5.41) is 1.11. The minimum Gasteiger partial charge on any atom is -0.359 e. The van der Waals surface area contributed by atoms with Gasteiger partial charge in [-0.15, -0.1) is 0 Å². The van der Waals surface area contributed by atoms with Gasteiger partial charge in [-0.05, 0) is 18.6 Å². The predicted molar refractivity (Wildman–Crippen MR) is 93.2 cm³/mol. The van der Waals surface area contributed by atoms with Crippen LogP contribution in [-0.2, 0) is 0 Å². The van der Waals surface area contributed by atoms with Crippen molar-refractivity contribution in [3.05, 3.63) is 54.6 Å². The Morgan fingerprint density at radius 2 is 1.64 bits per heavy atom. The van der Waals surface area contributed by atoms with Gasteiger partial charge in [0.25, 0.3) is 0 Å². The Morgan fingerprint density at radius 3 is 2.41 bits per heavy atom. The number of rotatable bonds is 5. The Morgan fingerprint density at radius 1 is 0.909 bits per heavy atom. The summed E-state index contributed by atoms with van der Waals surface area (Å²) in [4.78, 5) is 11.8. The van der Waals surface area contributed by atoms with Gasteiger partial charge in [0, 0.05) is 24.5 Å². The van der Waals surface area contributed by atoms with Crippen LogP contribution in [0, 0.1) is 0 Å². The number of para-hydroxylation sites is 1. The van der Waals surface area contributed by atoms with E-state index in [0.717, 1.165) is 41.1 Å². The quantitative estimate of drug-likeness (QED) is 0.691. The molecule has 3 aromatic rings. The smallest absolute Gasteiger partial charge is 0.162 e. The highest BCUT2D eigenvalue weighted by Crippen LogP contribution is 2.26. The van der Waals surface area contributed by atoms with Crippen molar-refractivity contribution in [2.45, 2.75) is 19.8 Å². The molecule has 0 spiro atoms. The third kappa shape index (κ3) is 2.93. The molecule has 0 saturated heterocycles. The molecule has 0 saturated carbocycles. The Balaban J connectivity index is 2.12. The normalized spacial score (nSPS) is 10.8. The first kappa shape index (κ1) is 14.5. The lowest BCUT2D eigenvalue weighted by Crippen LogP contribution is -2.20. The van der Waals surface area contributed by atoms with Gasteiger partial charge >= 0.3 is 0 Å². The zero-order chi connectivity index (χ0) is 15.4. The van der Waals surface area contributed by atoms with Crippen molar-refractivity contribution in [3.63, 3.8) is 0 Å². The first-order valence-electron chi connectivity index (χ1n) is 7.83. The SMILES string of the molecule is CCCCN(C)c1nc(-c2ccccc2)nc2ccccc12. The van der Waals surface area contributed by atoms with Crippen LogP contribution < -0.4 is 4.90 Å². The van der Waals surface area contributed by atoms with Crippen molar-refractivity contribution < 1.29 is 0 Å². The monoisotopic (exact) mass is 291 g/mol. The van der Waals surface area contributed by atoms with E-state index < -0.39 is 0 Å². The van der Waals surface area contributed by atoms with Gasteiger partial charge in [0.15, 0.2) is 5.82 Å². The fourth-order valence-electron chi connectivity index (χ4n) is 2.57. The third-order valence-corrected chi connectivity index (χ3v) is 3.82. The molecule has 0 atom stereocenters.